The summed E-state index contributed by atoms with van der Waals surface area (Å²) in [6.45, 7) is 7.16. The number of hydrogen-bond donors (Lipinski definition) is 0. The van der Waals surface area contributed by atoms with Gasteiger partial charge < -0.3 is 18.9 Å². The highest BCUT2D eigenvalue weighted by Crippen LogP contribution is 2.28. The lowest BCUT2D eigenvalue weighted by molar-refractivity contribution is 0.122. The minimum Gasteiger partial charge on any atom is -0.497 e. The Morgan fingerprint density at radius 2 is 1.78 bits per heavy atom. The van der Waals surface area contributed by atoms with E-state index >= 15 is 0 Å². The number of sulfone groups is 1. The Morgan fingerprint density at radius 1 is 1.06 bits per heavy atom. The van der Waals surface area contributed by atoms with Crippen molar-refractivity contribution >= 4 is 26.8 Å². The number of methoxy groups -OCH3 is 1. The zero-order valence-corrected chi connectivity index (χ0v) is 19.6. The van der Waals surface area contributed by atoms with Crippen LogP contribution in [0.15, 0.2) is 29.4 Å². The quantitative estimate of drug-likeness (QED) is 0.474. The maximum atomic E-state index is 13.3. The highest BCUT2D eigenvalue weighted by atomic mass is 32.2. The molecule has 0 radical (unpaired) electrons. The lowest BCUT2D eigenvalue weighted by Crippen LogP contribution is -2.37. The Kier molecular flexibility index (Phi) is 6.61. The molecule has 4 rings (SSSR count). The number of aromatic nitrogens is 4. The molecule has 1 aromatic carbocycles. The van der Waals surface area contributed by atoms with Crippen LogP contribution in [0.1, 0.15) is 31.7 Å². The topological polar surface area (TPSA) is 99.4 Å². The monoisotopic (exact) mass is 459 g/mol. The van der Waals surface area contributed by atoms with Crippen LogP contribution in [0, 0.1) is 0 Å². The number of anilines is 1. The standard InChI is InChI=1S/C22H29N5O4S/c1-4-6-18-23-19-20(26-11-13-31-14-12-26)24-22(25-21(19)27(18)5-2)32(28,29)15-16-7-9-17(30-3)10-8-16/h7-10H,4-6,11-15H2,1-3H3. The number of ether oxygens (including phenoxy) is 2. The Balaban J connectivity index is 1.82. The summed E-state index contributed by atoms with van der Waals surface area (Å²) in [5, 5.41) is -0.167. The van der Waals surface area contributed by atoms with E-state index in [4.69, 9.17) is 14.5 Å². The average molecular weight is 460 g/mol. The molecule has 1 fully saturated rings. The summed E-state index contributed by atoms with van der Waals surface area (Å²) >= 11 is 0. The van der Waals surface area contributed by atoms with Crippen LogP contribution >= 0.6 is 0 Å². The first-order valence-corrected chi connectivity index (χ1v) is 12.6. The molecule has 0 bridgehead atoms. The van der Waals surface area contributed by atoms with Gasteiger partial charge in [-0.25, -0.2) is 13.4 Å². The van der Waals surface area contributed by atoms with Gasteiger partial charge in [-0.05, 0) is 31.0 Å². The van der Waals surface area contributed by atoms with Gasteiger partial charge in [0.15, 0.2) is 17.0 Å². The lowest BCUT2D eigenvalue weighted by atomic mass is 10.2. The van der Waals surface area contributed by atoms with Crippen molar-refractivity contribution < 1.29 is 17.9 Å². The van der Waals surface area contributed by atoms with Crippen LogP contribution in [0.3, 0.4) is 0 Å². The minimum atomic E-state index is -3.78. The van der Waals surface area contributed by atoms with Gasteiger partial charge in [0.05, 0.1) is 26.1 Å². The van der Waals surface area contributed by atoms with Crippen LogP contribution in [-0.2, 0) is 33.3 Å². The molecule has 0 aliphatic carbocycles. The molecule has 0 N–H and O–H groups in total. The summed E-state index contributed by atoms with van der Waals surface area (Å²) in [6, 6.07) is 6.98. The number of fused-ring (bicyclic) bond motifs is 1. The van der Waals surface area contributed by atoms with E-state index in [-0.39, 0.29) is 10.9 Å². The molecule has 1 aliphatic heterocycles. The molecule has 3 heterocycles. The summed E-state index contributed by atoms with van der Waals surface area (Å²) in [5.74, 6) is 1.95. The SMILES string of the molecule is CCCc1nc2c(N3CCOCC3)nc(S(=O)(=O)Cc3ccc(OC)cc3)nc2n1CC. The van der Waals surface area contributed by atoms with Gasteiger partial charge in [0, 0.05) is 26.1 Å². The molecule has 0 unspecified atom stereocenters. The van der Waals surface area contributed by atoms with Crippen LogP contribution in [0.2, 0.25) is 0 Å². The first-order chi connectivity index (χ1) is 15.5. The van der Waals surface area contributed by atoms with Gasteiger partial charge in [-0.15, -0.1) is 0 Å². The maximum absolute atomic E-state index is 13.3. The highest BCUT2D eigenvalue weighted by molar-refractivity contribution is 7.90. The van der Waals surface area contributed by atoms with Crippen LogP contribution in [0.4, 0.5) is 5.82 Å². The molecule has 9 nitrogen and oxygen atoms in total. The molecule has 0 spiro atoms. The lowest BCUT2D eigenvalue weighted by Gasteiger charge is -2.28. The summed E-state index contributed by atoms with van der Waals surface area (Å²) in [5.41, 5.74) is 1.87. The van der Waals surface area contributed by atoms with E-state index in [1.54, 1.807) is 31.4 Å². The number of imidazole rings is 1. The molecule has 3 aromatic rings. The second-order valence-electron chi connectivity index (χ2n) is 7.73. The summed E-state index contributed by atoms with van der Waals surface area (Å²) in [7, 11) is -2.20. The molecule has 32 heavy (non-hydrogen) atoms. The Bertz CT molecular complexity index is 1190. The molecule has 0 amide bonds. The van der Waals surface area contributed by atoms with E-state index in [9.17, 15) is 8.42 Å². The molecule has 1 aliphatic rings. The second kappa shape index (κ2) is 9.41. The first kappa shape index (κ1) is 22.5. The van der Waals surface area contributed by atoms with Crippen molar-refractivity contribution in [1.82, 2.24) is 19.5 Å². The molecular formula is C22H29N5O4S. The number of hydrogen-bond acceptors (Lipinski definition) is 8. The zero-order chi connectivity index (χ0) is 22.7. The highest BCUT2D eigenvalue weighted by Gasteiger charge is 2.27. The van der Waals surface area contributed by atoms with Crippen molar-refractivity contribution in [3.05, 3.63) is 35.7 Å². The third-order valence-corrected chi connectivity index (χ3v) is 6.98. The summed E-state index contributed by atoms with van der Waals surface area (Å²) in [4.78, 5) is 15.9. The zero-order valence-electron chi connectivity index (χ0n) is 18.7. The van der Waals surface area contributed by atoms with Crippen molar-refractivity contribution in [2.24, 2.45) is 0 Å². The molecule has 0 atom stereocenters. The number of rotatable bonds is 8. The van der Waals surface area contributed by atoms with Crippen LogP contribution < -0.4 is 9.64 Å². The van der Waals surface area contributed by atoms with Gasteiger partial charge in [0.25, 0.3) is 5.16 Å². The Hall–Kier alpha value is -2.72. The van der Waals surface area contributed by atoms with E-state index in [2.05, 4.69) is 16.9 Å². The van der Waals surface area contributed by atoms with Crippen molar-refractivity contribution in [1.29, 1.82) is 0 Å². The fourth-order valence-electron chi connectivity index (χ4n) is 3.90. The number of benzene rings is 1. The van der Waals surface area contributed by atoms with Gasteiger partial charge in [0.2, 0.25) is 9.84 Å². The molecule has 2 aromatic heterocycles. The van der Waals surface area contributed by atoms with Gasteiger partial charge in [-0.3, -0.25) is 0 Å². The van der Waals surface area contributed by atoms with Crippen molar-refractivity contribution in [3.63, 3.8) is 0 Å². The fraction of sp³-hybridized carbons (Fsp3) is 0.500. The van der Waals surface area contributed by atoms with Gasteiger partial charge >= 0.3 is 0 Å². The Morgan fingerprint density at radius 3 is 2.41 bits per heavy atom. The summed E-state index contributed by atoms with van der Waals surface area (Å²) < 4.78 is 39.3. The van der Waals surface area contributed by atoms with Crippen LogP contribution in [0.5, 0.6) is 5.75 Å². The average Bonchev–Trinajstić information content (AvgIpc) is 3.16. The molecule has 0 saturated carbocycles. The van der Waals surface area contributed by atoms with E-state index in [1.165, 1.54) is 0 Å². The van der Waals surface area contributed by atoms with Crippen LogP contribution in [0.25, 0.3) is 11.2 Å². The van der Waals surface area contributed by atoms with Gasteiger partial charge in [-0.1, -0.05) is 19.1 Å². The predicted molar refractivity (Wildman–Crippen MR) is 122 cm³/mol. The number of aryl methyl sites for hydroxylation is 2. The van der Waals surface area contributed by atoms with E-state index < -0.39 is 9.84 Å². The molecule has 172 valence electrons. The Labute approximate surface area is 188 Å². The van der Waals surface area contributed by atoms with E-state index in [0.29, 0.717) is 61.1 Å². The smallest absolute Gasteiger partial charge is 0.251 e. The minimum absolute atomic E-state index is 0.167. The first-order valence-electron chi connectivity index (χ1n) is 10.9. The molecular weight excluding hydrogens is 430 g/mol. The molecule has 1 saturated heterocycles. The second-order valence-corrected chi connectivity index (χ2v) is 9.61. The normalized spacial score (nSPS) is 14.8. The third-order valence-electron chi connectivity index (χ3n) is 5.53. The fourth-order valence-corrected chi connectivity index (χ4v) is 5.11. The third kappa shape index (κ3) is 4.42. The van der Waals surface area contributed by atoms with Crippen molar-refractivity contribution in [2.45, 2.75) is 44.1 Å². The van der Waals surface area contributed by atoms with E-state index in [0.717, 1.165) is 18.7 Å². The maximum Gasteiger partial charge on any atom is 0.251 e. The summed E-state index contributed by atoms with van der Waals surface area (Å²) in [6.07, 6.45) is 1.73. The van der Waals surface area contributed by atoms with Crippen LogP contribution in [-0.4, -0.2) is 61.3 Å². The van der Waals surface area contributed by atoms with Crippen molar-refractivity contribution in [3.8, 4) is 5.75 Å². The van der Waals surface area contributed by atoms with Gasteiger partial charge in [0.1, 0.15) is 11.6 Å². The number of morpholine rings is 1. The van der Waals surface area contributed by atoms with Gasteiger partial charge in [-0.2, -0.15) is 9.97 Å². The largest absolute Gasteiger partial charge is 0.497 e. The van der Waals surface area contributed by atoms with Crippen molar-refractivity contribution in [2.75, 3.05) is 38.3 Å². The predicted octanol–water partition coefficient (Wildman–Crippen LogP) is 2.62. The van der Waals surface area contributed by atoms with E-state index in [1.807, 2.05) is 16.4 Å². The molecule has 10 heteroatoms. The number of nitrogens with zero attached hydrogens (tertiary/aromatic N) is 5.